The third-order valence-electron chi connectivity index (χ3n) is 2.32. The molecule has 0 aromatic heterocycles. The van der Waals surface area contributed by atoms with Crippen molar-refractivity contribution in [2.24, 2.45) is 0 Å². The van der Waals surface area contributed by atoms with Crippen LogP contribution in [0.4, 0.5) is 5.69 Å². The second-order valence-corrected chi connectivity index (χ2v) is 5.78. The Labute approximate surface area is 120 Å². The van der Waals surface area contributed by atoms with Crippen molar-refractivity contribution in [2.75, 3.05) is 18.1 Å². The maximum absolute atomic E-state index is 5.80. The summed E-state index contributed by atoms with van der Waals surface area (Å²) in [4.78, 5) is 1.23. The number of rotatable bonds is 5. The average Bonchev–Trinajstić information content (AvgIpc) is 2.37. The lowest BCUT2D eigenvalue weighted by Crippen LogP contribution is -2.02. The van der Waals surface area contributed by atoms with Crippen molar-refractivity contribution in [3.05, 3.63) is 53.0 Å². The van der Waals surface area contributed by atoms with E-state index in [4.69, 9.17) is 10.5 Å². The van der Waals surface area contributed by atoms with E-state index in [9.17, 15) is 0 Å². The summed E-state index contributed by atoms with van der Waals surface area (Å²) in [6.45, 7) is 0.644. The van der Waals surface area contributed by atoms with Crippen molar-refractivity contribution < 1.29 is 4.74 Å². The first-order valence-corrected chi connectivity index (χ1v) is 7.39. The number of para-hydroxylation sites is 2. The van der Waals surface area contributed by atoms with Crippen LogP contribution in [0, 0.1) is 0 Å². The van der Waals surface area contributed by atoms with Gasteiger partial charge in [-0.05, 0) is 30.3 Å². The van der Waals surface area contributed by atoms with E-state index in [1.807, 2.05) is 36.4 Å². The van der Waals surface area contributed by atoms with Crippen molar-refractivity contribution >= 4 is 33.4 Å². The number of thioether (sulfide) groups is 1. The summed E-state index contributed by atoms with van der Waals surface area (Å²) >= 11 is 5.22. The fourth-order valence-corrected chi connectivity index (χ4v) is 2.82. The molecule has 0 bridgehead atoms. The Morgan fingerprint density at radius 3 is 2.72 bits per heavy atom. The molecule has 0 unspecified atom stereocenters. The normalized spacial score (nSPS) is 10.3. The Kier molecular flexibility index (Phi) is 4.96. The second-order valence-electron chi connectivity index (χ2n) is 3.69. The molecule has 0 amide bonds. The van der Waals surface area contributed by atoms with E-state index < -0.39 is 0 Å². The van der Waals surface area contributed by atoms with Gasteiger partial charge >= 0.3 is 0 Å². The molecule has 0 aliphatic carbocycles. The summed E-state index contributed by atoms with van der Waals surface area (Å²) < 4.78 is 6.73. The smallest absolute Gasteiger partial charge is 0.142 e. The predicted molar refractivity (Wildman–Crippen MR) is 81.2 cm³/mol. The van der Waals surface area contributed by atoms with Crippen LogP contribution in [0.3, 0.4) is 0 Å². The zero-order valence-corrected chi connectivity index (χ0v) is 12.2. The molecule has 0 saturated carbocycles. The first-order chi connectivity index (χ1) is 8.75. The maximum Gasteiger partial charge on any atom is 0.142 e. The minimum Gasteiger partial charge on any atom is -0.491 e. The molecule has 0 fully saturated rings. The van der Waals surface area contributed by atoms with Crippen LogP contribution in [-0.2, 0) is 0 Å². The molecule has 0 radical (unpaired) electrons. The number of ether oxygens (including phenoxy) is 1. The van der Waals surface area contributed by atoms with Gasteiger partial charge in [0, 0.05) is 15.1 Å². The largest absolute Gasteiger partial charge is 0.491 e. The summed E-state index contributed by atoms with van der Waals surface area (Å²) in [6.07, 6.45) is 0. The van der Waals surface area contributed by atoms with Gasteiger partial charge < -0.3 is 10.5 Å². The van der Waals surface area contributed by atoms with Crippen LogP contribution in [0.25, 0.3) is 0 Å². The second kappa shape index (κ2) is 6.71. The van der Waals surface area contributed by atoms with E-state index in [1.54, 1.807) is 11.8 Å². The van der Waals surface area contributed by atoms with Gasteiger partial charge in [0.05, 0.1) is 12.3 Å². The molecule has 4 heteroatoms. The lowest BCUT2D eigenvalue weighted by Gasteiger charge is -2.08. The highest BCUT2D eigenvalue weighted by molar-refractivity contribution is 9.10. The quantitative estimate of drug-likeness (QED) is 0.508. The third-order valence-corrected chi connectivity index (χ3v) is 3.78. The highest BCUT2D eigenvalue weighted by Crippen LogP contribution is 2.23. The Hall–Kier alpha value is -1.13. The standard InChI is InChI=1S/C14H14BrNOS/c15-11-4-3-5-12(10-11)18-9-8-17-14-7-2-1-6-13(14)16/h1-7,10H,8-9,16H2. The monoisotopic (exact) mass is 323 g/mol. The Morgan fingerprint density at radius 2 is 1.94 bits per heavy atom. The van der Waals surface area contributed by atoms with Gasteiger partial charge in [-0.3, -0.25) is 0 Å². The molecular weight excluding hydrogens is 310 g/mol. The van der Waals surface area contributed by atoms with Gasteiger partial charge in [-0.2, -0.15) is 0 Å². The van der Waals surface area contributed by atoms with Crippen LogP contribution in [0.1, 0.15) is 0 Å². The van der Waals surface area contributed by atoms with Gasteiger partial charge in [0.15, 0.2) is 0 Å². The van der Waals surface area contributed by atoms with Gasteiger partial charge in [0.2, 0.25) is 0 Å². The lowest BCUT2D eigenvalue weighted by molar-refractivity contribution is 0.346. The molecule has 2 N–H and O–H groups in total. The number of hydrogen-bond donors (Lipinski definition) is 1. The Balaban J connectivity index is 1.78. The first-order valence-electron chi connectivity index (χ1n) is 5.61. The van der Waals surface area contributed by atoms with Gasteiger partial charge in [-0.15, -0.1) is 11.8 Å². The van der Waals surface area contributed by atoms with Crippen LogP contribution in [0.2, 0.25) is 0 Å². The molecule has 18 heavy (non-hydrogen) atoms. The van der Waals surface area contributed by atoms with E-state index in [0.29, 0.717) is 12.3 Å². The molecule has 2 nitrogen and oxygen atoms in total. The molecule has 0 saturated heterocycles. The summed E-state index contributed by atoms with van der Waals surface area (Å²) in [7, 11) is 0. The summed E-state index contributed by atoms with van der Waals surface area (Å²) in [6, 6.07) is 15.8. The van der Waals surface area contributed by atoms with Crippen molar-refractivity contribution in [2.45, 2.75) is 4.90 Å². The van der Waals surface area contributed by atoms with Crippen molar-refractivity contribution in [1.82, 2.24) is 0 Å². The lowest BCUT2D eigenvalue weighted by atomic mass is 10.3. The summed E-state index contributed by atoms with van der Waals surface area (Å²) in [5, 5.41) is 0. The summed E-state index contributed by atoms with van der Waals surface area (Å²) in [5.41, 5.74) is 6.48. The van der Waals surface area contributed by atoms with Crippen molar-refractivity contribution in [1.29, 1.82) is 0 Å². The molecule has 0 spiro atoms. The molecule has 2 aromatic rings. The molecule has 0 aliphatic heterocycles. The fraction of sp³-hybridized carbons (Fsp3) is 0.143. The van der Waals surface area contributed by atoms with E-state index in [-0.39, 0.29) is 0 Å². The zero-order chi connectivity index (χ0) is 12.8. The SMILES string of the molecule is Nc1ccccc1OCCSc1cccc(Br)c1. The molecule has 0 heterocycles. The first kappa shape index (κ1) is 13.3. The van der Waals surface area contributed by atoms with Gasteiger partial charge in [-0.25, -0.2) is 0 Å². The summed E-state index contributed by atoms with van der Waals surface area (Å²) in [5.74, 6) is 1.65. The zero-order valence-electron chi connectivity index (χ0n) is 9.80. The van der Waals surface area contributed by atoms with E-state index in [1.165, 1.54) is 4.90 Å². The van der Waals surface area contributed by atoms with E-state index in [2.05, 4.69) is 28.1 Å². The molecular formula is C14H14BrNOS. The molecule has 2 rings (SSSR count). The molecule has 0 atom stereocenters. The molecule has 2 aromatic carbocycles. The minimum atomic E-state index is 0.644. The molecule has 0 aliphatic rings. The van der Waals surface area contributed by atoms with Gasteiger partial charge in [-0.1, -0.05) is 34.1 Å². The van der Waals surface area contributed by atoms with Crippen molar-refractivity contribution in [3.63, 3.8) is 0 Å². The van der Waals surface area contributed by atoms with Crippen LogP contribution in [0.15, 0.2) is 57.9 Å². The van der Waals surface area contributed by atoms with Gasteiger partial charge in [0.25, 0.3) is 0 Å². The van der Waals surface area contributed by atoms with Crippen LogP contribution in [0.5, 0.6) is 5.75 Å². The van der Waals surface area contributed by atoms with Gasteiger partial charge in [0.1, 0.15) is 5.75 Å². The third kappa shape index (κ3) is 3.96. The topological polar surface area (TPSA) is 35.2 Å². The minimum absolute atomic E-state index is 0.644. The molecule has 94 valence electrons. The highest BCUT2D eigenvalue weighted by Gasteiger charge is 1.99. The number of benzene rings is 2. The van der Waals surface area contributed by atoms with E-state index in [0.717, 1.165) is 16.0 Å². The fourth-order valence-electron chi connectivity index (χ4n) is 1.48. The predicted octanol–water partition coefficient (Wildman–Crippen LogP) is 4.20. The number of halogens is 1. The van der Waals surface area contributed by atoms with Crippen LogP contribution < -0.4 is 10.5 Å². The van der Waals surface area contributed by atoms with Crippen LogP contribution in [-0.4, -0.2) is 12.4 Å². The van der Waals surface area contributed by atoms with E-state index >= 15 is 0 Å². The Bertz CT molecular complexity index is 519. The maximum atomic E-state index is 5.80. The number of anilines is 1. The number of nitrogen functional groups attached to an aromatic ring is 1. The Morgan fingerprint density at radius 1 is 1.11 bits per heavy atom. The number of nitrogens with two attached hydrogens (primary N) is 1. The number of hydrogen-bond acceptors (Lipinski definition) is 3. The van der Waals surface area contributed by atoms with Crippen LogP contribution >= 0.6 is 27.7 Å². The average molecular weight is 324 g/mol. The van der Waals surface area contributed by atoms with Crippen molar-refractivity contribution in [3.8, 4) is 5.75 Å². The highest BCUT2D eigenvalue weighted by atomic mass is 79.9.